The van der Waals surface area contributed by atoms with Gasteiger partial charge >= 0.3 is 5.97 Å². The maximum Gasteiger partial charge on any atom is 0.305 e. The summed E-state index contributed by atoms with van der Waals surface area (Å²) in [6, 6.07) is 0. The predicted molar refractivity (Wildman–Crippen MR) is 47.9 cm³/mol. The average molecular weight is 174 g/mol. The Balaban J connectivity index is 0. The molecule has 0 aromatic carbocycles. The predicted octanol–water partition coefficient (Wildman–Crippen LogP) is 1.94. The van der Waals surface area contributed by atoms with Crippen LogP contribution in [0.4, 0.5) is 0 Å². The molecule has 0 amide bonds. The number of esters is 1. The van der Waals surface area contributed by atoms with Crippen molar-refractivity contribution < 1.29 is 14.3 Å². The summed E-state index contributed by atoms with van der Waals surface area (Å²) in [6.45, 7) is 5.78. The van der Waals surface area contributed by atoms with Crippen LogP contribution >= 0.6 is 0 Å². The normalized spacial score (nSPS) is 8.00. The number of carbonyl (C=O) groups excluding carboxylic acids is 2. The van der Waals surface area contributed by atoms with Crippen molar-refractivity contribution in [1.82, 2.24) is 0 Å². The van der Waals surface area contributed by atoms with E-state index in [0.717, 1.165) is 0 Å². The van der Waals surface area contributed by atoms with Crippen molar-refractivity contribution in [3.8, 4) is 0 Å². The van der Waals surface area contributed by atoms with Crippen molar-refractivity contribution in [2.24, 2.45) is 0 Å². The van der Waals surface area contributed by atoms with Gasteiger partial charge in [0.05, 0.1) is 13.5 Å². The molecule has 0 saturated carbocycles. The summed E-state index contributed by atoms with van der Waals surface area (Å²) in [5.41, 5.74) is 0. The fourth-order valence-electron chi connectivity index (χ4n) is 0.520. The van der Waals surface area contributed by atoms with Crippen molar-refractivity contribution in [2.45, 2.75) is 40.0 Å². The highest BCUT2D eigenvalue weighted by atomic mass is 16.5. The van der Waals surface area contributed by atoms with Crippen LogP contribution in [0.3, 0.4) is 0 Å². The second kappa shape index (κ2) is 10.1. The molecule has 0 saturated heterocycles. The summed E-state index contributed by atoms with van der Waals surface area (Å²) in [5.74, 6) is -0.216. The summed E-state index contributed by atoms with van der Waals surface area (Å²) in [4.78, 5) is 21.1. The van der Waals surface area contributed by atoms with E-state index in [9.17, 15) is 9.59 Å². The highest BCUT2D eigenvalue weighted by Crippen LogP contribution is 1.95. The minimum Gasteiger partial charge on any atom is -0.469 e. The molecule has 0 bridgehead atoms. The second-order valence-electron chi connectivity index (χ2n) is 1.97. The third-order valence-corrected chi connectivity index (χ3v) is 1.23. The lowest BCUT2D eigenvalue weighted by molar-refractivity contribution is -0.141. The molecule has 3 heteroatoms. The number of methoxy groups -OCH3 is 1. The molecule has 0 unspecified atom stereocenters. The van der Waals surface area contributed by atoms with Crippen molar-refractivity contribution in [3.63, 3.8) is 0 Å². The average Bonchev–Trinajstić information content (AvgIpc) is 2.16. The maximum absolute atomic E-state index is 10.6. The van der Waals surface area contributed by atoms with Gasteiger partial charge in [0, 0.05) is 12.8 Å². The third kappa shape index (κ3) is 9.14. The number of rotatable bonds is 4. The number of ether oxygens (including phenoxy) is 1. The van der Waals surface area contributed by atoms with Crippen LogP contribution in [-0.4, -0.2) is 18.9 Å². The van der Waals surface area contributed by atoms with E-state index in [2.05, 4.69) is 4.74 Å². The van der Waals surface area contributed by atoms with Gasteiger partial charge in [-0.2, -0.15) is 0 Å². The van der Waals surface area contributed by atoms with Crippen LogP contribution in [0.15, 0.2) is 0 Å². The zero-order valence-corrected chi connectivity index (χ0v) is 8.35. The van der Waals surface area contributed by atoms with Crippen LogP contribution in [-0.2, 0) is 14.3 Å². The molecule has 0 rings (SSSR count). The summed E-state index contributed by atoms with van der Waals surface area (Å²) >= 11 is 0. The zero-order chi connectivity index (χ0) is 9.98. The topological polar surface area (TPSA) is 43.4 Å². The third-order valence-electron chi connectivity index (χ3n) is 1.23. The largest absolute Gasteiger partial charge is 0.469 e. The summed E-state index contributed by atoms with van der Waals surface area (Å²) < 4.78 is 4.35. The first-order valence-electron chi connectivity index (χ1n) is 4.29. The molecule has 0 fully saturated rings. The number of Topliss-reactive ketones (excluding diaryl/α,β-unsaturated/α-hetero) is 1. The van der Waals surface area contributed by atoms with Gasteiger partial charge < -0.3 is 4.74 Å². The van der Waals surface area contributed by atoms with Crippen LogP contribution in [0.2, 0.25) is 0 Å². The molecule has 0 aromatic heterocycles. The Morgan fingerprint density at radius 1 is 1.17 bits per heavy atom. The van der Waals surface area contributed by atoms with Gasteiger partial charge in [-0.15, -0.1) is 0 Å². The fraction of sp³-hybridized carbons (Fsp3) is 0.778. The Bertz CT molecular complexity index is 114. The van der Waals surface area contributed by atoms with Crippen molar-refractivity contribution >= 4 is 11.8 Å². The SMILES string of the molecule is CC.CCC(=O)CCC(=O)OC. The van der Waals surface area contributed by atoms with Gasteiger partial charge in [-0.1, -0.05) is 20.8 Å². The van der Waals surface area contributed by atoms with Gasteiger partial charge in [-0.05, 0) is 0 Å². The fourth-order valence-corrected chi connectivity index (χ4v) is 0.520. The maximum atomic E-state index is 10.6. The summed E-state index contributed by atoms with van der Waals surface area (Å²) in [7, 11) is 1.32. The number of ketones is 1. The Hall–Kier alpha value is -0.860. The highest BCUT2D eigenvalue weighted by molar-refractivity contribution is 5.82. The van der Waals surface area contributed by atoms with Gasteiger partial charge in [0.25, 0.3) is 0 Å². The first kappa shape index (κ1) is 13.7. The van der Waals surface area contributed by atoms with E-state index >= 15 is 0 Å². The number of hydrogen-bond donors (Lipinski definition) is 0. The molecular weight excluding hydrogens is 156 g/mol. The standard InChI is InChI=1S/C7H12O3.C2H6/c1-3-6(8)4-5-7(9)10-2;1-2/h3-5H2,1-2H3;1-2H3. The molecule has 0 aliphatic heterocycles. The van der Waals surface area contributed by atoms with Gasteiger partial charge in [0.2, 0.25) is 0 Å². The van der Waals surface area contributed by atoms with E-state index in [4.69, 9.17) is 0 Å². The smallest absolute Gasteiger partial charge is 0.305 e. The molecule has 0 atom stereocenters. The zero-order valence-electron chi connectivity index (χ0n) is 8.35. The van der Waals surface area contributed by atoms with Crippen LogP contribution in [0.5, 0.6) is 0 Å². The van der Waals surface area contributed by atoms with Gasteiger partial charge in [-0.3, -0.25) is 9.59 Å². The molecule has 0 aromatic rings. The van der Waals surface area contributed by atoms with Gasteiger partial charge in [-0.25, -0.2) is 0 Å². The Kier molecular flexibility index (Phi) is 11.6. The van der Waals surface area contributed by atoms with E-state index in [1.165, 1.54) is 7.11 Å². The molecule has 0 aliphatic carbocycles. The molecule has 0 heterocycles. The van der Waals surface area contributed by atoms with E-state index in [-0.39, 0.29) is 18.2 Å². The van der Waals surface area contributed by atoms with Crippen molar-refractivity contribution in [3.05, 3.63) is 0 Å². The Morgan fingerprint density at radius 2 is 1.67 bits per heavy atom. The first-order chi connectivity index (χ1) is 5.70. The minimum absolute atomic E-state index is 0.102. The van der Waals surface area contributed by atoms with E-state index in [0.29, 0.717) is 12.8 Å². The lowest BCUT2D eigenvalue weighted by atomic mass is 10.2. The minimum atomic E-state index is -0.318. The van der Waals surface area contributed by atoms with Crippen LogP contribution in [0, 0.1) is 0 Å². The van der Waals surface area contributed by atoms with Crippen LogP contribution < -0.4 is 0 Å². The number of carbonyl (C=O) groups is 2. The lowest BCUT2D eigenvalue weighted by Crippen LogP contribution is -2.04. The van der Waals surface area contributed by atoms with Crippen LogP contribution in [0.1, 0.15) is 40.0 Å². The summed E-state index contributed by atoms with van der Waals surface area (Å²) in [6.07, 6.45) is 1.02. The first-order valence-corrected chi connectivity index (χ1v) is 4.29. The van der Waals surface area contributed by atoms with E-state index in [1.807, 2.05) is 13.8 Å². The highest BCUT2D eigenvalue weighted by Gasteiger charge is 2.03. The van der Waals surface area contributed by atoms with Crippen LogP contribution in [0.25, 0.3) is 0 Å². The lowest BCUT2D eigenvalue weighted by Gasteiger charge is -1.95. The molecule has 3 nitrogen and oxygen atoms in total. The van der Waals surface area contributed by atoms with E-state index < -0.39 is 0 Å². The van der Waals surface area contributed by atoms with Crippen molar-refractivity contribution in [2.75, 3.05) is 7.11 Å². The number of hydrogen-bond acceptors (Lipinski definition) is 3. The van der Waals surface area contributed by atoms with Crippen molar-refractivity contribution in [1.29, 1.82) is 0 Å². The monoisotopic (exact) mass is 174 g/mol. The molecule has 12 heavy (non-hydrogen) atoms. The molecule has 0 spiro atoms. The second-order valence-corrected chi connectivity index (χ2v) is 1.97. The molecule has 72 valence electrons. The van der Waals surface area contributed by atoms with E-state index in [1.54, 1.807) is 6.92 Å². The quantitative estimate of drug-likeness (QED) is 0.612. The Morgan fingerprint density at radius 3 is 2.00 bits per heavy atom. The molecular formula is C9H18O3. The van der Waals surface area contributed by atoms with Gasteiger partial charge in [0.15, 0.2) is 0 Å². The van der Waals surface area contributed by atoms with Gasteiger partial charge in [0.1, 0.15) is 5.78 Å². The summed E-state index contributed by atoms with van der Waals surface area (Å²) in [5, 5.41) is 0. The molecule has 0 N–H and O–H groups in total. The molecule has 0 aliphatic rings. The Labute approximate surface area is 74.1 Å². The molecule has 0 radical (unpaired) electrons.